The molecule has 1 unspecified atom stereocenters. The highest BCUT2D eigenvalue weighted by Crippen LogP contribution is 2.31. The van der Waals surface area contributed by atoms with Crippen LogP contribution >= 0.6 is 0 Å². The summed E-state index contributed by atoms with van der Waals surface area (Å²) in [4.78, 5) is 18.9. The standard InChI is InChI=1S/C29H31FN6O2/c1-19-7-5-8-21-17-24(28(37)31-25(19)21)26(27-32-33-34-36(27)29(2,3)4)35(18-23-9-6-16-38-23)15-14-20-10-12-22(30)13-11-20/h5-13,16-17,26H,14-15,18H2,1-4H3,(H,31,37). The zero-order valence-electron chi connectivity index (χ0n) is 22.0. The third-order valence-corrected chi connectivity index (χ3v) is 6.69. The number of hydrogen-bond donors (Lipinski definition) is 1. The highest BCUT2D eigenvalue weighted by Gasteiger charge is 2.33. The Labute approximate surface area is 220 Å². The van der Waals surface area contributed by atoms with Gasteiger partial charge in [0.2, 0.25) is 0 Å². The van der Waals surface area contributed by atoms with Crippen LogP contribution in [0.15, 0.2) is 76.1 Å². The van der Waals surface area contributed by atoms with Crippen molar-refractivity contribution in [2.24, 2.45) is 0 Å². The van der Waals surface area contributed by atoms with Crippen LogP contribution in [0.3, 0.4) is 0 Å². The molecule has 0 amide bonds. The molecule has 0 bridgehead atoms. The van der Waals surface area contributed by atoms with Crippen molar-refractivity contribution < 1.29 is 8.81 Å². The topological polar surface area (TPSA) is 92.8 Å². The summed E-state index contributed by atoms with van der Waals surface area (Å²) >= 11 is 0. The predicted molar refractivity (Wildman–Crippen MR) is 143 cm³/mol. The number of fused-ring (bicyclic) bond motifs is 1. The molecule has 196 valence electrons. The van der Waals surface area contributed by atoms with E-state index in [0.717, 1.165) is 27.8 Å². The lowest BCUT2D eigenvalue weighted by atomic mass is 10.00. The second-order valence-corrected chi connectivity index (χ2v) is 10.5. The minimum Gasteiger partial charge on any atom is -0.468 e. The molecule has 1 N–H and O–H groups in total. The number of benzene rings is 2. The molecule has 1 atom stereocenters. The second-order valence-electron chi connectivity index (χ2n) is 10.5. The molecule has 0 aliphatic heterocycles. The molecule has 0 fully saturated rings. The monoisotopic (exact) mass is 514 g/mol. The van der Waals surface area contributed by atoms with Gasteiger partial charge in [-0.05, 0) is 91.4 Å². The zero-order chi connectivity index (χ0) is 26.9. The van der Waals surface area contributed by atoms with Crippen LogP contribution in [-0.4, -0.2) is 36.6 Å². The number of nitrogens with one attached hydrogen (secondary N) is 1. The van der Waals surface area contributed by atoms with E-state index in [4.69, 9.17) is 4.42 Å². The van der Waals surface area contributed by atoms with Gasteiger partial charge < -0.3 is 9.40 Å². The van der Waals surface area contributed by atoms with E-state index in [1.165, 1.54) is 12.1 Å². The van der Waals surface area contributed by atoms with Crippen molar-refractivity contribution >= 4 is 10.9 Å². The quantitative estimate of drug-likeness (QED) is 0.308. The average Bonchev–Trinajstić information content (AvgIpc) is 3.57. The molecule has 0 radical (unpaired) electrons. The van der Waals surface area contributed by atoms with E-state index in [2.05, 4.69) is 25.4 Å². The lowest BCUT2D eigenvalue weighted by Crippen LogP contribution is -2.38. The molecular weight excluding hydrogens is 483 g/mol. The van der Waals surface area contributed by atoms with Gasteiger partial charge >= 0.3 is 0 Å². The number of aromatic amines is 1. The minimum absolute atomic E-state index is 0.202. The third-order valence-electron chi connectivity index (χ3n) is 6.69. The minimum atomic E-state index is -0.580. The number of aromatic nitrogens is 5. The van der Waals surface area contributed by atoms with Crippen LogP contribution < -0.4 is 5.56 Å². The number of H-pyrrole nitrogens is 1. The summed E-state index contributed by atoms with van der Waals surface area (Å²) in [6.45, 7) is 9.00. The number of rotatable bonds is 8. The summed E-state index contributed by atoms with van der Waals surface area (Å²) < 4.78 is 21.0. The van der Waals surface area contributed by atoms with Crippen molar-refractivity contribution in [2.75, 3.05) is 6.54 Å². The fourth-order valence-corrected chi connectivity index (χ4v) is 4.77. The summed E-state index contributed by atoms with van der Waals surface area (Å²) in [7, 11) is 0. The van der Waals surface area contributed by atoms with Gasteiger partial charge in [0.05, 0.1) is 23.9 Å². The number of hydrogen-bond acceptors (Lipinski definition) is 6. The first-order valence-corrected chi connectivity index (χ1v) is 12.6. The lowest BCUT2D eigenvalue weighted by Gasteiger charge is -2.32. The predicted octanol–water partition coefficient (Wildman–Crippen LogP) is 5.14. The Morgan fingerprint density at radius 1 is 1.11 bits per heavy atom. The molecular formula is C29H31FN6O2. The summed E-state index contributed by atoms with van der Waals surface area (Å²) in [5, 5.41) is 13.7. The van der Waals surface area contributed by atoms with E-state index in [1.54, 1.807) is 23.1 Å². The van der Waals surface area contributed by atoms with Crippen LogP contribution in [0.25, 0.3) is 10.9 Å². The molecule has 2 aromatic carbocycles. The third kappa shape index (κ3) is 5.28. The molecule has 0 spiro atoms. The van der Waals surface area contributed by atoms with E-state index in [1.807, 2.05) is 64.1 Å². The summed E-state index contributed by atoms with van der Waals surface area (Å²) in [5.41, 5.74) is 2.68. The Kier molecular flexibility index (Phi) is 6.94. The molecule has 0 saturated carbocycles. The molecule has 0 saturated heterocycles. The van der Waals surface area contributed by atoms with E-state index >= 15 is 0 Å². The SMILES string of the molecule is Cc1cccc2cc(C(c3nnnn3C(C)(C)C)N(CCc3ccc(F)cc3)Cc3ccco3)c(=O)[nH]c12. The molecule has 3 heterocycles. The number of nitrogens with zero attached hydrogens (tertiary/aromatic N) is 5. The van der Waals surface area contributed by atoms with Crippen molar-refractivity contribution in [1.29, 1.82) is 0 Å². The first-order valence-electron chi connectivity index (χ1n) is 12.6. The van der Waals surface area contributed by atoms with Crippen LogP contribution in [0.5, 0.6) is 0 Å². The number of para-hydroxylation sites is 1. The fourth-order valence-electron chi connectivity index (χ4n) is 4.77. The van der Waals surface area contributed by atoms with Crippen molar-refractivity contribution in [3.8, 4) is 0 Å². The van der Waals surface area contributed by atoms with Gasteiger partial charge in [-0.25, -0.2) is 9.07 Å². The lowest BCUT2D eigenvalue weighted by molar-refractivity contribution is 0.181. The Hall–Kier alpha value is -4.11. The number of aryl methyl sites for hydroxylation is 1. The molecule has 5 aromatic rings. The van der Waals surface area contributed by atoms with E-state index in [9.17, 15) is 9.18 Å². The Bertz CT molecular complexity index is 1580. The van der Waals surface area contributed by atoms with Gasteiger partial charge in [-0.15, -0.1) is 5.10 Å². The van der Waals surface area contributed by atoms with Gasteiger partial charge in [0.15, 0.2) is 5.82 Å². The number of tetrazole rings is 1. The maximum atomic E-state index is 13.7. The largest absolute Gasteiger partial charge is 0.468 e. The number of pyridine rings is 1. The van der Waals surface area contributed by atoms with Crippen molar-refractivity contribution in [1.82, 2.24) is 30.1 Å². The highest BCUT2D eigenvalue weighted by molar-refractivity contribution is 5.82. The maximum Gasteiger partial charge on any atom is 0.253 e. The van der Waals surface area contributed by atoms with Crippen LogP contribution in [0.1, 0.15) is 55.1 Å². The Balaban J connectivity index is 1.66. The van der Waals surface area contributed by atoms with Gasteiger partial charge in [-0.2, -0.15) is 0 Å². The van der Waals surface area contributed by atoms with Gasteiger partial charge in [0, 0.05) is 12.1 Å². The summed E-state index contributed by atoms with van der Waals surface area (Å²) in [6.07, 6.45) is 2.26. The van der Waals surface area contributed by atoms with E-state index in [0.29, 0.717) is 30.9 Å². The second kappa shape index (κ2) is 10.3. The molecule has 9 heteroatoms. The first-order chi connectivity index (χ1) is 18.2. The van der Waals surface area contributed by atoms with E-state index in [-0.39, 0.29) is 11.4 Å². The average molecular weight is 515 g/mol. The summed E-state index contributed by atoms with van der Waals surface area (Å²) in [6, 6.07) is 17.5. The first kappa shape index (κ1) is 25.5. The highest BCUT2D eigenvalue weighted by atomic mass is 19.1. The Morgan fingerprint density at radius 3 is 2.61 bits per heavy atom. The van der Waals surface area contributed by atoms with Crippen molar-refractivity contribution in [3.05, 3.63) is 111 Å². The van der Waals surface area contributed by atoms with E-state index < -0.39 is 11.6 Å². The fraction of sp³-hybridized carbons (Fsp3) is 0.310. The number of halogens is 1. The molecule has 0 aliphatic carbocycles. The van der Waals surface area contributed by atoms with Gasteiger partial charge in [0.25, 0.3) is 5.56 Å². The molecule has 3 aromatic heterocycles. The van der Waals surface area contributed by atoms with Gasteiger partial charge in [0.1, 0.15) is 17.6 Å². The van der Waals surface area contributed by atoms with Crippen LogP contribution in [0, 0.1) is 12.7 Å². The summed E-state index contributed by atoms with van der Waals surface area (Å²) in [5.74, 6) is 1.03. The zero-order valence-corrected chi connectivity index (χ0v) is 22.0. The number of furan rings is 1. The molecule has 8 nitrogen and oxygen atoms in total. The van der Waals surface area contributed by atoms with Crippen molar-refractivity contribution in [2.45, 2.75) is 52.2 Å². The van der Waals surface area contributed by atoms with Gasteiger partial charge in [-0.3, -0.25) is 9.69 Å². The van der Waals surface area contributed by atoms with Crippen molar-refractivity contribution in [3.63, 3.8) is 0 Å². The molecule has 38 heavy (non-hydrogen) atoms. The maximum absolute atomic E-state index is 13.7. The van der Waals surface area contributed by atoms with Gasteiger partial charge in [-0.1, -0.05) is 30.3 Å². The normalized spacial score (nSPS) is 12.9. The molecule has 5 rings (SSSR count). The van der Waals surface area contributed by atoms with Crippen LogP contribution in [0.2, 0.25) is 0 Å². The van der Waals surface area contributed by atoms with Crippen LogP contribution in [0.4, 0.5) is 4.39 Å². The molecule has 0 aliphatic rings. The smallest absolute Gasteiger partial charge is 0.253 e. The Morgan fingerprint density at radius 2 is 1.89 bits per heavy atom. The van der Waals surface area contributed by atoms with Crippen LogP contribution in [-0.2, 0) is 18.5 Å².